The van der Waals surface area contributed by atoms with Crippen molar-refractivity contribution in [3.05, 3.63) is 60.0 Å². The molecule has 7 nitrogen and oxygen atoms in total. The molecule has 3 N–H and O–H groups in total. The number of benzene rings is 1. The first-order valence-electron chi connectivity index (χ1n) is 6.57. The van der Waals surface area contributed by atoms with Crippen LogP contribution in [0.1, 0.15) is 16.1 Å². The summed E-state index contributed by atoms with van der Waals surface area (Å²) in [5.74, 6) is -0.490. The van der Waals surface area contributed by atoms with Crippen LogP contribution < -0.4 is 5.73 Å². The van der Waals surface area contributed by atoms with Crippen LogP contribution >= 0.6 is 0 Å². The first-order chi connectivity index (χ1) is 10.7. The van der Waals surface area contributed by atoms with E-state index >= 15 is 0 Å². The summed E-state index contributed by atoms with van der Waals surface area (Å²) in [5, 5.41) is 17.5. The van der Waals surface area contributed by atoms with Crippen LogP contribution in [0.25, 0.3) is 16.9 Å². The van der Waals surface area contributed by atoms with Gasteiger partial charge in [0.05, 0.1) is 12.3 Å². The molecule has 0 radical (unpaired) electrons. The van der Waals surface area contributed by atoms with E-state index in [4.69, 9.17) is 5.73 Å². The van der Waals surface area contributed by atoms with Gasteiger partial charge in [-0.3, -0.25) is 9.78 Å². The number of aliphatic hydroxyl groups excluding tert-OH is 1. The number of amides is 1. The van der Waals surface area contributed by atoms with E-state index in [9.17, 15) is 9.90 Å². The van der Waals surface area contributed by atoms with E-state index in [-0.39, 0.29) is 6.61 Å². The summed E-state index contributed by atoms with van der Waals surface area (Å²) in [5.41, 5.74) is 8.34. The Bertz CT molecular complexity index is 797. The van der Waals surface area contributed by atoms with Crippen LogP contribution in [0.4, 0.5) is 0 Å². The molecule has 0 aliphatic heterocycles. The summed E-state index contributed by atoms with van der Waals surface area (Å²) in [4.78, 5) is 15.1. The molecule has 0 bridgehead atoms. The molecule has 2 heterocycles. The molecule has 3 rings (SSSR count). The molecule has 0 atom stereocenters. The molecular weight excluding hydrogens is 282 g/mol. The molecule has 0 saturated heterocycles. The van der Waals surface area contributed by atoms with Crippen molar-refractivity contribution in [2.24, 2.45) is 5.73 Å². The second-order valence-electron chi connectivity index (χ2n) is 4.60. The van der Waals surface area contributed by atoms with Crippen molar-refractivity contribution >= 4 is 5.91 Å². The third kappa shape index (κ3) is 2.45. The highest BCUT2D eigenvalue weighted by molar-refractivity contribution is 5.92. The number of pyridine rings is 1. The van der Waals surface area contributed by atoms with Gasteiger partial charge in [-0.15, -0.1) is 5.10 Å². The maximum absolute atomic E-state index is 11.1. The van der Waals surface area contributed by atoms with Crippen molar-refractivity contribution < 1.29 is 9.90 Å². The number of primary amides is 1. The average Bonchev–Trinajstić information content (AvgIpc) is 2.99. The summed E-state index contributed by atoms with van der Waals surface area (Å²) >= 11 is 0. The predicted octanol–water partition coefficient (Wildman–Crippen LogP) is 0.921. The lowest BCUT2D eigenvalue weighted by atomic mass is 10.1. The van der Waals surface area contributed by atoms with Gasteiger partial charge < -0.3 is 10.8 Å². The summed E-state index contributed by atoms with van der Waals surface area (Å²) in [6.45, 7) is -0.225. The van der Waals surface area contributed by atoms with Gasteiger partial charge in [-0.1, -0.05) is 5.21 Å². The Kier molecular flexibility index (Phi) is 3.63. The summed E-state index contributed by atoms with van der Waals surface area (Å²) in [6, 6.07) is 10.3. The van der Waals surface area contributed by atoms with Gasteiger partial charge in [0.15, 0.2) is 0 Å². The zero-order chi connectivity index (χ0) is 15.5. The second-order valence-corrected chi connectivity index (χ2v) is 4.60. The molecule has 0 aliphatic rings. The Morgan fingerprint density at radius 3 is 2.41 bits per heavy atom. The van der Waals surface area contributed by atoms with E-state index in [0.717, 1.165) is 5.56 Å². The Morgan fingerprint density at radius 2 is 1.82 bits per heavy atom. The Morgan fingerprint density at radius 1 is 1.14 bits per heavy atom. The fourth-order valence-corrected chi connectivity index (χ4v) is 2.17. The van der Waals surface area contributed by atoms with E-state index in [2.05, 4.69) is 15.3 Å². The SMILES string of the molecule is NC(=O)c1ccc(-n2nnc(CO)c2-c2ccncc2)cc1. The van der Waals surface area contributed by atoms with Crippen LogP contribution in [0, 0.1) is 0 Å². The number of rotatable bonds is 4. The molecule has 0 unspecified atom stereocenters. The predicted molar refractivity (Wildman–Crippen MR) is 79.0 cm³/mol. The largest absolute Gasteiger partial charge is 0.390 e. The van der Waals surface area contributed by atoms with Crippen molar-refractivity contribution in [1.82, 2.24) is 20.0 Å². The minimum absolute atomic E-state index is 0.225. The lowest BCUT2D eigenvalue weighted by Gasteiger charge is -2.08. The standard InChI is InChI=1S/C15H13N5O2/c16-15(22)11-1-3-12(4-2-11)20-14(13(9-21)18-19-20)10-5-7-17-8-6-10/h1-8,21H,9H2,(H2,16,22). The number of aliphatic hydroxyl groups is 1. The van der Waals surface area contributed by atoms with Crippen molar-refractivity contribution in [2.75, 3.05) is 0 Å². The van der Waals surface area contributed by atoms with Crippen LogP contribution in [-0.4, -0.2) is 31.0 Å². The molecule has 0 aliphatic carbocycles. The molecule has 110 valence electrons. The van der Waals surface area contributed by atoms with Crippen molar-refractivity contribution in [1.29, 1.82) is 0 Å². The number of aromatic nitrogens is 4. The molecule has 1 aromatic carbocycles. The molecule has 0 fully saturated rings. The number of nitrogens with zero attached hydrogens (tertiary/aromatic N) is 4. The third-order valence-corrected chi connectivity index (χ3v) is 3.24. The molecule has 2 aromatic heterocycles. The highest BCUT2D eigenvalue weighted by atomic mass is 16.3. The average molecular weight is 295 g/mol. The maximum Gasteiger partial charge on any atom is 0.248 e. The highest BCUT2D eigenvalue weighted by Crippen LogP contribution is 2.24. The number of carbonyl (C=O) groups excluding carboxylic acids is 1. The fraction of sp³-hybridized carbons (Fsp3) is 0.0667. The molecular formula is C15H13N5O2. The van der Waals surface area contributed by atoms with Gasteiger partial charge in [0.25, 0.3) is 0 Å². The van der Waals surface area contributed by atoms with E-state index in [1.165, 1.54) is 0 Å². The van der Waals surface area contributed by atoms with E-state index in [1.807, 2.05) is 12.1 Å². The number of hydrogen-bond acceptors (Lipinski definition) is 5. The van der Waals surface area contributed by atoms with Gasteiger partial charge in [-0.2, -0.15) is 0 Å². The molecule has 7 heteroatoms. The van der Waals surface area contributed by atoms with E-state index in [0.29, 0.717) is 22.6 Å². The Labute approximate surface area is 126 Å². The Hall–Kier alpha value is -3.06. The van der Waals surface area contributed by atoms with Gasteiger partial charge in [0, 0.05) is 23.5 Å². The molecule has 1 amide bonds. The Balaban J connectivity index is 2.12. The van der Waals surface area contributed by atoms with Crippen LogP contribution in [0.2, 0.25) is 0 Å². The number of hydrogen-bond donors (Lipinski definition) is 2. The summed E-state index contributed by atoms with van der Waals surface area (Å²) < 4.78 is 1.60. The van der Waals surface area contributed by atoms with Gasteiger partial charge >= 0.3 is 0 Å². The van der Waals surface area contributed by atoms with Gasteiger partial charge in [-0.05, 0) is 36.4 Å². The van der Waals surface area contributed by atoms with Crippen LogP contribution in [-0.2, 0) is 6.61 Å². The smallest absolute Gasteiger partial charge is 0.248 e. The summed E-state index contributed by atoms with van der Waals surface area (Å²) in [7, 11) is 0. The number of carbonyl (C=O) groups is 1. The second kappa shape index (κ2) is 5.74. The molecule has 22 heavy (non-hydrogen) atoms. The van der Waals surface area contributed by atoms with Crippen LogP contribution in [0.15, 0.2) is 48.8 Å². The van der Waals surface area contributed by atoms with Crippen LogP contribution in [0.3, 0.4) is 0 Å². The monoisotopic (exact) mass is 295 g/mol. The third-order valence-electron chi connectivity index (χ3n) is 3.24. The summed E-state index contributed by atoms with van der Waals surface area (Å²) in [6.07, 6.45) is 3.31. The molecule has 3 aromatic rings. The molecule has 0 saturated carbocycles. The van der Waals surface area contributed by atoms with Crippen molar-refractivity contribution in [3.8, 4) is 16.9 Å². The van der Waals surface area contributed by atoms with Gasteiger partial charge in [0.1, 0.15) is 11.4 Å². The van der Waals surface area contributed by atoms with Gasteiger partial charge in [0.2, 0.25) is 5.91 Å². The first-order valence-corrected chi connectivity index (χ1v) is 6.57. The fourth-order valence-electron chi connectivity index (χ4n) is 2.17. The van der Waals surface area contributed by atoms with Crippen molar-refractivity contribution in [3.63, 3.8) is 0 Å². The van der Waals surface area contributed by atoms with E-state index in [1.54, 1.807) is 41.3 Å². The van der Waals surface area contributed by atoms with Crippen LogP contribution in [0.5, 0.6) is 0 Å². The highest BCUT2D eigenvalue weighted by Gasteiger charge is 2.15. The zero-order valence-electron chi connectivity index (χ0n) is 11.5. The van der Waals surface area contributed by atoms with E-state index < -0.39 is 5.91 Å². The zero-order valence-corrected chi connectivity index (χ0v) is 11.5. The molecule has 0 spiro atoms. The first kappa shape index (κ1) is 13.9. The minimum Gasteiger partial charge on any atom is -0.390 e. The topological polar surface area (TPSA) is 107 Å². The number of nitrogens with two attached hydrogens (primary N) is 1. The maximum atomic E-state index is 11.1. The van der Waals surface area contributed by atoms with Crippen molar-refractivity contribution in [2.45, 2.75) is 6.61 Å². The lowest BCUT2D eigenvalue weighted by Crippen LogP contribution is -2.11. The quantitative estimate of drug-likeness (QED) is 0.744. The lowest BCUT2D eigenvalue weighted by molar-refractivity contribution is 0.100. The van der Waals surface area contributed by atoms with Gasteiger partial charge in [-0.25, -0.2) is 4.68 Å². The normalized spacial score (nSPS) is 10.6. The minimum atomic E-state index is -0.490.